The maximum atomic E-state index is 13.3. The third-order valence-electron chi connectivity index (χ3n) is 4.49. The Morgan fingerprint density at radius 2 is 2.24 bits per heavy atom. The number of rotatable bonds is 3. The van der Waals surface area contributed by atoms with Crippen molar-refractivity contribution in [2.75, 3.05) is 13.1 Å². The molecule has 3 aromatic rings. The van der Waals surface area contributed by atoms with Gasteiger partial charge in [0.2, 0.25) is 0 Å². The minimum Gasteiger partial charge on any atom is -0.338 e. The van der Waals surface area contributed by atoms with Gasteiger partial charge in [0.05, 0.1) is 17.4 Å². The van der Waals surface area contributed by atoms with Gasteiger partial charge in [0.25, 0.3) is 5.91 Å². The summed E-state index contributed by atoms with van der Waals surface area (Å²) in [6.07, 6.45) is 5.68. The van der Waals surface area contributed by atoms with Gasteiger partial charge >= 0.3 is 0 Å². The lowest BCUT2D eigenvalue weighted by Crippen LogP contribution is -2.28. The Balaban J connectivity index is 1.50. The van der Waals surface area contributed by atoms with Gasteiger partial charge < -0.3 is 9.47 Å². The molecule has 1 aromatic carbocycles. The molecule has 1 amide bonds. The molecule has 7 nitrogen and oxygen atoms in total. The van der Waals surface area contributed by atoms with E-state index in [2.05, 4.69) is 15.3 Å². The minimum absolute atomic E-state index is 0.0766. The number of nitrogens with zero attached hydrogens (tertiary/aromatic N) is 6. The van der Waals surface area contributed by atoms with Crippen LogP contribution in [0.25, 0.3) is 5.69 Å². The molecule has 0 bridgehead atoms. The quantitative estimate of drug-likeness (QED) is 0.729. The number of hydrogen-bond acceptors (Lipinski definition) is 4. The van der Waals surface area contributed by atoms with Crippen LogP contribution in [0.4, 0.5) is 4.39 Å². The van der Waals surface area contributed by atoms with E-state index in [0.717, 1.165) is 12.2 Å². The third kappa shape index (κ3) is 2.90. The van der Waals surface area contributed by atoms with E-state index in [0.29, 0.717) is 24.3 Å². The Kier molecular flexibility index (Phi) is 3.79. The lowest BCUT2D eigenvalue weighted by atomic mass is 10.1. The summed E-state index contributed by atoms with van der Waals surface area (Å²) in [5.41, 5.74) is 1.07. The van der Waals surface area contributed by atoms with Gasteiger partial charge in [0.1, 0.15) is 18.0 Å². The van der Waals surface area contributed by atoms with Gasteiger partial charge in [0, 0.05) is 32.3 Å². The van der Waals surface area contributed by atoms with Crippen molar-refractivity contribution in [3.05, 3.63) is 60.2 Å². The van der Waals surface area contributed by atoms with E-state index in [1.807, 2.05) is 11.6 Å². The second-order valence-corrected chi connectivity index (χ2v) is 6.19. The number of likely N-dealkylation sites (tertiary alicyclic amines) is 1. The Morgan fingerprint density at radius 3 is 3.00 bits per heavy atom. The second-order valence-electron chi connectivity index (χ2n) is 6.19. The first kappa shape index (κ1) is 15.5. The third-order valence-corrected chi connectivity index (χ3v) is 4.49. The standard InChI is InChI=1S/C17H17FN6O/c1-22-11-19-21-16(22)12-5-6-23(9-12)17(25)13-8-20-24(10-13)15-4-2-3-14(18)7-15/h2-4,7-8,10-12H,5-6,9H2,1H3. The van der Waals surface area contributed by atoms with Crippen LogP contribution in [0.2, 0.25) is 0 Å². The first-order valence-electron chi connectivity index (χ1n) is 8.05. The molecule has 25 heavy (non-hydrogen) atoms. The lowest BCUT2D eigenvalue weighted by Gasteiger charge is -2.15. The number of aromatic nitrogens is 5. The number of halogens is 1. The molecule has 0 radical (unpaired) electrons. The van der Waals surface area contributed by atoms with E-state index in [1.54, 1.807) is 29.6 Å². The van der Waals surface area contributed by atoms with Crippen molar-refractivity contribution in [3.63, 3.8) is 0 Å². The molecule has 0 aliphatic carbocycles. The molecule has 1 aliphatic heterocycles. The number of carbonyl (C=O) groups is 1. The molecule has 128 valence electrons. The van der Waals surface area contributed by atoms with Crippen LogP contribution in [0.15, 0.2) is 43.0 Å². The fraction of sp³-hybridized carbons (Fsp3) is 0.294. The number of carbonyl (C=O) groups excluding carboxylic acids is 1. The maximum Gasteiger partial charge on any atom is 0.257 e. The zero-order valence-electron chi connectivity index (χ0n) is 13.7. The van der Waals surface area contributed by atoms with Gasteiger partial charge in [-0.1, -0.05) is 6.07 Å². The van der Waals surface area contributed by atoms with Gasteiger partial charge in [-0.25, -0.2) is 9.07 Å². The SMILES string of the molecule is Cn1cnnc1C1CCN(C(=O)c2cnn(-c3cccc(F)c3)c2)C1. The predicted octanol–water partition coefficient (Wildman–Crippen LogP) is 1.77. The van der Waals surface area contributed by atoms with Crippen molar-refractivity contribution in [2.24, 2.45) is 7.05 Å². The predicted molar refractivity (Wildman–Crippen MR) is 87.8 cm³/mol. The number of benzene rings is 1. The Hall–Kier alpha value is -3.03. The van der Waals surface area contributed by atoms with Crippen LogP contribution in [-0.4, -0.2) is 48.4 Å². The van der Waals surface area contributed by atoms with Gasteiger partial charge in [-0.2, -0.15) is 5.10 Å². The largest absolute Gasteiger partial charge is 0.338 e. The molecule has 0 saturated carbocycles. The first-order valence-corrected chi connectivity index (χ1v) is 8.05. The number of hydrogen-bond donors (Lipinski definition) is 0. The molecule has 2 aromatic heterocycles. The summed E-state index contributed by atoms with van der Waals surface area (Å²) in [5, 5.41) is 12.2. The highest BCUT2D eigenvalue weighted by molar-refractivity contribution is 5.94. The summed E-state index contributed by atoms with van der Waals surface area (Å²) >= 11 is 0. The van der Waals surface area contributed by atoms with Crippen LogP contribution >= 0.6 is 0 Å². The number of amides is 1. The Labute approximate surface area is 143 Å². The molecule has 1 atom stereocenters. The summed E-state index contributed by atoms with van der Waals surface area (Å²) in [6, 6.07) is 6.10. The maximum absolute atomic E-state index is 13.3. The lowest BCUT2D eigenvalue weighted by molar-refractivity contribution is 0.0790. The average molecular weight is 340 g/mol. The van der Waals surface area contributed by atoms with Gasteiger partial charge in [0.15, 0.2) is 0 Å². The summed E-state index contributed by atoms with van der Waals surface area (Å²) in [5.74, 6) is 0.666. The summed E-state index contributed by atoms with van der Waals surface area (Å²) in [7, 11) is 1.91. The molecule has 8 heteroatoms. The molecule has 1 unspecified atom stereocenters. The van der Waals surface area contributed by atoms with E-state index < -0.39 is 0 Å². The monoisotopic (exact) mass is 340 g/mol. The highest BCUT2D eigenvalue weighted by Crippen LogP contribution is 2.26. The van der Waals surface area contributed by atoms with Crippen LogP contribution in [0.1, 0.15) is 28.5 Å². The zero-order valence-corrected chi connectivity index (χ0v) is 13.7. The molecular formula is C17H17FN6O. The van der Waals surface area contributed by atoms with Crippen molar-refractivity contribution in [1.29, 1.82) is 0 Å². The average Bonchev–Trinajstić information content (AvgIpc) is 3.34. The second kappa shape index (κ2) is 6.12. The van der Waals surface area contributed by atoms with E-state index in [1.165, 1.54) is 23.0 Å². The van der Waals surface area contributed by atoms with Crippen LogP contribution in [0.5, 0.6) is 0 Å². The van der Waals surface area contributed by atoms with Crippen molar-refractivity contribution in [2.45, 2.75) is 12.3 Å². The molecule has 0 N–H and O–H groups in total. The van der Waals surface area contributed by atoms with E-state index >= 15 is 0 Å². The van der Waals surface area contributed by atoms with E-state index in [-0.39, 0.29) is 17.6 Å². The smallest absolute Gasteiger partial charge is 0.257 e. The van der Waals surface area contributed by atoms with Crippen molar-refractivity contribution >= 4 is 5.91 Å². The van der Waals surface area contributed by atoms with Crippen molar-refractivity contribution in [1.82, 2.24) is 29.4 Å². The Morgan fingerprint density at radius 1 is 1.36 bits per heavy atom. The molecule has 3 heterocycles. The highest BCUT2D eigenvalue weighted by atomic mass is 19.1. The molecule has 0 spiro atoms. The van der Waals surface area contributed by atoms with Crippen LogP contribution < -0.4 is 0 Å². The first-order chi connectivity index (χ1) is 12.1. The van der Waals surface area contributed by atoms with Gasteiger partial charge in [-0.15, -0.1) is 10.2 Å². The summed E-state index contributed by atoms with van der Waals surface area (Å²) in [6.45, 7) is 1.28. The van der Waals surface area contributed by atoms with Gasteiger partial charge in [-0.05, 0) is 24.6 Å². The normalized spacial score (nSPS) is 17.2. The molecule has 4 rings (SSSR count). The van der Waals surface area contributed by atoms with Crippen LogP contribution in [0, 0.1) is 5.82 Å². The summed E-state index contributed by atoms with van der Waals surface area (Å²) < 4.78 is 16.7. The van der Waals surface area contributed by atoms with Crippen molar-refractivity contribution < 1.29 is 9.18 Å². The van der Waals surface area contributed by atoms with Crippen LogP contribution in [0.3, 0.4) is 0 Å². The zero-order chi connectivity index (χ0) is 17.4. The molecule has 1 saturated heterocycles. The fourth-order valence-corrected chi connectivity index (χ4v) is 3.19. The van der Waals surface area contributed by atoms with E-state index in [9.17, 15) is 9.18 Å². The molecule has 1 aliphatic rings. The molecular weight excluding hydrogens is 323 g/mol. The topological polar surface area (TPSA) is 68.8 Å². The minimum atomic E-state index is -0.341. The summed E-state index contributed by atoms with van der Waals surface area (Å²) in [4.78, 5) is 14.5. The highest BCUT2D eigenvalue weighted by Gasteiger charge is 2.31. The van der Waals surface area contributed by atoms with Gasteiger partial charge in [-0.3, -0.25) is 4.79 Å². The van der Waals surface area contributed by atoms with Crippen LogP contribution in [-0.2, 0) is 7.05 Å². The van der Waals surface area contributed by atoms with E-state index in [4.69, 9.17) is 0 Å². The van der Waals surface area contributed by atoms with Crippen molar-refractivity contribution in [3.8, 4) is 5.69 Å². The Bertz CT molecular complexity index is 917. The molecule has 1 fully saturated rings. The fourth-order valence-electron chi connectivity index (χ4n) is 3.19. The number of aryl methyl sites for hydroxylation is 1.